The topological polar surface area (TPSA) is 64.4 Å². The zero-order valence-corrected chi connectivity index (χ0v) is 14.2. The van der Waals surface area contributed by atoms with Crippen molar-refractivity contribution in [2.24, 2.45) is 7.05 Å². The van der Waals surface area contributed by atoms with Gasteiger partial charge in [0.1, 0.15) is 11.6 Å². The van der Waals surface area contributed by atoms with Gasteiger partial charge in [-0.2, -0.15) is 4.31 Å². The maximum Gasteiger partial charge on any atom is 0.262 e. The maximum absolute atomic E-state index is 12.7. The van der Waals surface area contributed by atoms with Crippen molar-refractivity contribution in [1.82, 2.24) is 13.9 Å². The van der Waals surface area contributed by atoms with Crippen molar-refractivity contribution >= 4 is 15.6 Å². The second-order valence-electron chi connectivity index (χ2n) is 5.50. The van der Waals surface area contributed by atoms with Gasteiger partial charge in [-0.1, -0.05) is 18.2 Å². The third kappa shape index (κ3) is 2.89. The number of hydrogen-bond acceptors (Lipinski definition) is 4. The van der Waals surface area contributed by atoms with Crippen LogP contribution in [-0.4, -0.2) is 42.5 Å². The molecule has 1 aliphatic heterocycles. The third-order valence-electron chi connectivity index (χ3n) is 4.02. The van der Waals surface area contributed by atoms with Crippen LogP contribution in [0.1, 0.15) is 11.4 Å². The number of hydrogen-bond donors (Lipinski definition) is 0. The molecule has 0 spiro atoms. The minimum Gasteiger partial charge on any atom is -0.497 e. The second kappa shape index (κ2) is 5.82. The molecule has 122 valence electrons. The van der Waals surface area contributed by atoms with Gasteiger partial charge >= 0.3 is 0 Å². The van der Waals surface area contributed by atoms with Crippen molar-refractivity contribution in [2.75, 3.05) is 20.2 Å². The fourth-order valence-electron chi connectivity index (χ4n) is 2.53. The van der Waals surface area contributed by atoms with E-state index in [0.29, 0.717) is 18.9 Å². The fraction of sp³-hybridized carbons (Fsp3) is 0.312. The summed E-state index contributed by atoms with van der Waals surface area (Å²) in [6.07, 6.45) is 3.48. The molecular formula is C16H19N3O3S. The van der Waals surface area contributed by atoms with Crippen LogP contribution in [-0.2, 0) is 17.1 Å². The summed E-state index contributed by atoms with van der Waals surface area (Å²) < 4.78 is 33.7. The van der Waals surface area contributed by atoms with E-state index in [2.05, 4.69) is 4.98 Å². The van der Waals surface area contributed by atoms with Gasteiger partial charge in [-0.05, 0) is 30.2 Å². The zero-order valence-electron chi connectivity index (χ0n) is 13.4. The number of ether oxygens (including phenoxy) is 1. The Kier molecular flexibility index (Phi) is 3.99. The first-order chi connectivity index (χ1) is 10.9. The van der Waals surface area contributed by atoms with E-state index in [-0.39, 0.29) is 5.03 Å². The Labute approximate surface area is 136 Å². The van der Waals surface area contributed by atoms with Crippen molar-refractivity contribution in [1.29, 1.82) is 0 Å². The first kappa shape index (κ1) is 15.8. The van der Waals surface area contributed by atoms with Gasteiger partial charge in [0.25, 0.3) is 10.0 Å². The Morgan fingerprint density at radius 2 is 2.09 bits per heavy atom. The number of benzene rings is 1. The number of imidazole rings is 1. The van der Waals surface area contributed by atoms with Gasteiger partial charge in [-0.3, -0.25) is 0 Å². The summed E-state index contributed by atoms with van der Waals surface area (Å²) in [5.74, 6) is 1.42. The lowest BCUT2D eigenvalue weighted by molar-refractivity contribution is 0.414. The van der Waals surface area contributed by atoms with E-state index in [9.17, 15) is 8.42 Å². The average Bonchev–Trinajstić information content (AvgIpc) is 3.16. The summed E-state index contributed by atoms with van der Waals surface area (Å²) in [5.41, 5.74) is 1.94. The summed E-state index contributed by atoms with van der Waals surface area (Å²) >= 11 is 0. The summed E-state index contributed by atoms with van der Waals surface area (Å²) in [5, 5.41) is 0.0952. The van der Waals surface area contributed by atoms with Crippen LogP contribution in [0.5, 0.6) is 5.75 Å². The molecule has 0 bridgehead atoms. The number of methoxy groups -OCH3 is 1. The van der Waals surface area contributed by atoms with Gasteiger partial charge in [-0.15, -0.1) is 0 Å². The van der Waals surface area contributed by atoms with E-state index in [4.69, 9.17) is 4.74 Å². The first-order valence-electron chi connectivity index (χ1n) is 7.25. The Balaban J connectivity index is 1.83. The van der Waals surface area contributed by atoms with Gasteiger partial charge in [0.2, 0.25) is 0 Å². The van der Waals surface area contributed by atoms with Crippen LogP contribution in [0.2, 0.25) is 0 Å². The molecule has 2 heterocycles. The molecule has 2 aromatic rings. The van der Waals surface area contributed by atoms with E-state index in [0.717, 1.165) is 16.9 Å². The van der Waals surface area contributed by atoms with Crippen LogP contribution in [0.3, 0.4) is 0 Å². The molecule has 0 amide bonds. The monoisotopic (exact) mass is 333 g/mol. The summed E-state index contributed by atoms with van der Waals surface area (Å²) in [7, 11) is -0.183. The molecule has 0 radical (unpaired) electrons. The number of nitrogens with zero attached hydrogens (tertiary/aromatic N) is 3. The standard InChI is InChI=1S/C16H19N3O3S/c1-12-17-16(11-18(12)2)23(20,21)19-8-7-14(10-19)13-5-4-6-15(9-13)22-3/h4-7,9,11H,8,10H2,1-3H3. The molecule has 7 heteroatoms. The fourth-order valence-corrected chi connectivity index (χ4v) is 3.91. The molecule has 1 aromatic carbocycles. The van der Waals surface area contributed by atoms with Crippen LogP contribution in [0.15, 0.2) is 41.6 Å². The second-order valence-corrected chi connectivity index (χ2v) is 7.38. The van der Waals surface area contributed by atoms with Gasteiger partial charge < -0.3 is 9.30 Å². The SMILES string of the molecule is COc1cccc(C2=CCN(S(=O)(=O)c3cn(C)c(C)n3)C2)c1. The maximum atomic E-state index is 12.7. The Morgan fingerprint density at radius 1 is 1.30 bits per heavy atom. The molecular weight excluding hydrogens is 314 g/mol. The molecule has 6 nitrogen and oxygen atoms in total. The number of rotatable bonds is 4. The Hall–Kier alpha value is -2.12. The largest absolute Gasteiger partial charge is 0.497 e. The molecule has 3 rings (SSSR count). The lowest BCUT2D eigenvalue weighted by Gasteiger charge is -2.15. The van der Waals surface area contributed by atoms with Gasteiger partial charge in [0.15, 0.2) is 5.03 Å². The molecule has 0 saturated carbocycles. The molecule has 0 unspecified atom stereocenters. The van der Waals surface area contributed by atoms with E-state index < -0.39 is 10.0 Å². The van der Waals surface area contributed by atoms with Crippen molar-refractivity contribution < 1.29 is 13.2 Å². The van der Waals surface area contributed by atoms with Crippen molar-refractivity contribution in [3.05, 3.63) is 47.9 Å². The minimum atomic E-state index is -3.58. The smallest absolute Gasteiger partial charge is 0.262 e. The predicted octanol–water partition coefficient (Wildman–Crippen LogP) is 1.83. The van der Waals surface area contributed by atoms with E-state index in [1.54, 1.807) is 31.8 Å². The highest BCUT2D eigenvalue weighted by Gasteiger charge is 2.30. The van der Waals surface area contributed by atoms with E-state index >= 15 is 0 Å². The molecule has 1 aromatic heterocycles. The molecule has 23 heavy (non-hydrogen) atoms. The van der Waals surface area contributed by atoms with Crippen LogP contribution in [0, 0.1) is 6.92 Å². The van der Waals surface area contributed by atoms with Crippen molar-refractivity contribution in [2.45, 2.75) is 11.9 Å². The number of aryl methyl sites for hydroxylation is 2. The van der Waals surface area contributed by atoms with Crippen molar-refractivity contribution in [3.8, 4) is 5.75 Å². The number of aromatic nitrogens is 2. The van der Waals surface area contributed by atoms with Crippen molar-refractivity contribution in [3.63, 3.8) is 0 Å². The zero-order chi connectivity index (χ0) is 16.6. The first-order valence-corrected chi connectivity index (χ1v) is 8.69. The normalized spacial score (nSPS) is 15.7. The van der Waals surface area contributed by atoms with Gasteiger partial charge in [-0.25, -0.2) is 13.4 Å². The Bertz CT molecular complexity index is 849. The molecule has 0 atom stereocenters. The predicted molar refractivity (Wildman–Crippen MR) is 87.7 cm³/mol. The van der Waals surface area contributed by atoms with Gasteiger partial charge in [0.05, 0.1) is 7.11 Å². The summed E-state index contributed by atoms with van der Waals surface area (Å²) in [6, 6.07) is 7.63. The Morgan fingerprint density at radius 3 is 2.74 bits per heavy atom. The molecule has 0 saturated heterocycles. The highest BCUT2D eigenvalue weighted by atomic mass is 32.2. The lowest BCUT2D eigenvalue weighted by atomic mass is 10.1. The van der Waals surface area contributed by atoms with Crippen LogP contribution >= 0.6 is 0 Å². The van der Waals surface area contributed by atoms with Crippen LogP contribution in [0.4, 0.5) is 0 Å². The van der Waals surface area contributed by atoms with E-state index in [1.165, 1.54) is 4.31 Å². The lowest BCUT2D eigenvalue weighted by Crippen LogP contribution is -2.29. The highest BCUT2D eigenvalue weighted by Crippen LogP contribution is 2.27. The molecule has 0 fully saturated rings. The number of sulfonamides is 1. The molecule has 1 aliphatic rings. The summed E-state index contributed by atoms with van der Waals surface area (Å²) in [6.45, 7) is 2.47. The van der Waals surface area contributed by atoms with E-state index in [1.807, 2.05) is 30.3 Å². The van der Waals surface area contributed by atoms with Gasteiger partial charge in [0, 0.05) is 26.3 Å². The highest BCUT2D eigenvalue weighted by molar-refractivity contribution is 7.89. The molecule has 0 aliphatic carbocycles. The minimum absolute atomic E-state index is 0.0952. The average molecular weight is 333 g/mol. The third-order valence-corrected chi connectivity index (χ3v) is 5.70. The van der Waals surface area contributed by atoms with Crippen LogP contribution < -0.4 is 4.74 Å². The quantitative estimate of drug-likeness (QED) is 0.856. The molecule has 0 N–H and O–H groups in total. The van der Waals surface area contributed by atoms with Crippen LogP contribution in [0.25, 0.3) is 5.57 Å². The summed E-state index contributed by atoms with van der Waals surface area (Å²) in [4.78, 5) is 4.14.